The Balaban J connectivity index is 2.22. The number of amides is 1. The van der Waals surface area contributed by atoms with Gasteiger partial charge in [0.15, 0.2) is 0 Å². The van der Waals surface area contributed by atoms with Gasteiger partial charge in [0.25, 0.3) is 5.91 Å². The number of anilines is 2. The molecule has 0 aliphatic carbocycles. The van der Waals surface area contributed by atoms with E-state index in [0.29, 0.717) is 5.69 Å². The van der Waals surface area contributed by atoms with Crippen molar-refractivity contribution in [2.24, 2.45) is 7.05 Å². The highest BCUT2D eigenvalue weighted by Gasteiger charge is 2.13. The van der Waals surface area contributed by atoms with Crippen molar-refractivity contribution in [3.63, 3.8) is 0 Å². The highest BCUT2D eigenvalue weighted by atomic mass is 35.5. The molecule has 0 aliphatic heterocycles. The topological polar surface area (TPSA) is 85.8 Å². The Bertz CT molecular complexity index is 566. The molecule has 0 aliphatic rings. The Morgan fingerprint density at radius 1 is 1.53 bits per heavy atom. The third kappa shape index (κ3) is 2.54. The highest BCUT2D eigenvalue weighted by Crippen LogP contribution is 2.16. The number of nitrogens with two attached hydrogens (primary N) is 1. The van der Waals surface area contributed by atoms with Gasteiger partial charge in [0.2, 0.25) is 0 Å². The molecule has 2 aromatic rings. The lowest BCUT2D eigenvalue weighted by atomic mass is 10.3. The van der Waals surface area contributed by atoms with Gasteiger partial charge >= 0.3 is 0 Å². The molecule has 1 amide bonds. The van der Waals surface area contributed by atoms with Crippen molar-refractivity contribution in [2.75, 3.05) is 11.1 Å². The van der Waals surface area contributed by atoms with Crippen LogP contribution in [0.5, 0.6) is 0 Å². The number of carbonyl (C=O) groups is 1. The minimum absolute atomic E-state index is 0.0931. The molecule has 0 saturated carbocycles. The molecule has 0 fully saturated rings. The van der Waals surface area contributed by atoms with E-state index in [2.05, 4.69) is 15.4 Å². The lowest BCUT2D eigenvalue weighted by Gasteiger charge is -2.04. The van der Waals surface area contributed by atoms with Gasteiger partial charge in [-0.15, -0.1) is 0 Å². The summed E-state index contributed by atoms with van der Waals surface area (Å²) in [7, 11) is 1.75. The van der Waals surface area contributed by atoms with Gasteiger partial charge in [-0.2, -0.15) is 5.10 Å². The molecule has 6 nitrogen and oxygen atoms in total. The predicted molar refractivity (Wildman–Crippen MR) is 64.8 cm³/mol. The first-order chi connectivity index (χ1) is 8.06. The molecule has 7 heteroatoms. The molecular formula is C10H10ClN5O. The second-order valence-corrected chi connectivity index (χ2v) is 3.83. The number of carbonyl (C=O) groups excluding carboxylic acids is 1. The van der Waals surface area contributed by atoms with Crippen molar-refractivity contribution < 1.29 is 4.79 Å². The van der Waals surface area contributed by atoms with Gasteiger partial charge in [0, 0.05) is 13.2 Å². The summed E-state index contributed by atoms with van der Waals surface area (Å²) in [5.41, 5.74) is 6.16. The molecule has 0 aromatic carbocycles. The second-order valence-electron chi connectivity index (χ2n) is 3.42. The summed E-state index contributed by atoms with van der Waals surface area (Å²) in [6.45, 7) is 0. The first kappa shape index (κ1) is 11.4. The second kappa shape index (κ2) is 4.42. The number of aromatic nitrogens is 3. The van der Waals surface area contributed by atoms with Gasteiger partial charge in [0.1, 0.15) is 11.5 Å². The van der Waals surface area contributed by atoms with Crippen LogP contribution in [0.1, 0.15) is 10.5 Å². The Morgan fingerprint density at radius 3 is 2.94 bits per heavy atom. The van der Waals surface area contributed by atoms with Crippen molar-refractivity contribution >= 4 is 29.0 Å². The summed E-state index contributed by atoms with van der Waals surface area (Å²) in [6.07, 6.45) is 3.19. The van der Waals surface area contributed by atoms with E-state index in [1.807, 2.05) is 0 Å². The van der Waals surface area contributed by atoms with Crippen LogP contribution < -0.4 is 11.1 Å². The van der Waals surface area contributed by atoms with Crippen molar-refractivity contribution in [1.82, 2.24) is 14.8 Å². The quantitative estimate of drug-likeness (QED) is 0.842. The van der Waals surface area contributed by atoms with Gasteiger partial charge in [-0.25, -0.2) is 4.98 Å². The molecule has 0 spiro atoms. The lowest BCUT2D eigenvalue weighted by Crippen LogP contribution is -2.14. The zero-order valence-electron chi connectivity index (χ0n) is 9.01. The van der Waals surface area contributed by atoms with Crippen LogP contribution in [0.4, 0.5) is 11.5 Å². The van der Waals surface area contributed by atoms with Crippen LogP contribution in [0.15, 0.2) is 24.5 Å². The molecule has 0 atom stereocenters. The number of hydrogen-bond acceptors (Lipinski definition) is 4. The number of pyridine rings is 1. The maximum atomic E-state index is 11.8. The van der Waals surface area contributed by atoms with Gasteiger partial charge < -0.3 is 11.1 Å². The summed E-state index contributed by atoms with van der Waals surface area (Å²) in [4.78, 5) is 15.7. The summed E-state index contributed by atoms with van der Waals surface area (Å²) < 4.78 is 1.57. The van der Waals surface area contributed by atoms with Gasteiger partial charge in [-0.05, 0) is 12.1 Å². The van der Waals surface area contributed by atoms with Crippen molar-refractivity contribution in [2.45, 2.75) is 0 Å². The standard InChI is InChI=1S/C10H10ClN5O/c1-16-5-6(4-13-16)14-10(17)9-7(11)2-3-8(12)15-9/h2-5H,1H3,(H2,12,15)(H,14,17). The van der Waals surface area contributed by atoms with E-state index in [-0.39, 0.29) is 16.5 Å². The molecule has 0 bridgehead atoms. The number of nitrogen functional groups attached to an aromatic ring is 1. The molecule has 0 saturated heterocycles. The number of nitrogens with one attached hydrogen (secondary N) is 1. The van der Waals surface area contributed by atoms with E-state index in [1.54, 1.807) is 17.9 Å². The molecular weight excluding hydrogens is 242 g/mol. The fraction of sp³-hybridized carbons (Fsp3) is 0.100. The van der Waals surface area contributed by atoms with Crippen LogP contribution in [0, 0.1) is 0 Å². The smallest absolute Gasteiger partial charge is 0.275 e. The normalized spacial score (nSPS) is 10.2. The summed E-state index contributed by atoms with van der Waals surface area (Å²) in [5, 5.41) is 6.80. The molecule has 0 radical (unpaired) electrons. The van der Waals surface area contributed by atoms with E-state index < -0.39 is 5.91 Å². The summed E-state index contributed by atoms with van der Waals surface area (Å²) in [6, 6.07) is 3.06. The number of halogens is 1. The zero-order valence-corrected chi connectivity index (χ0v) is 9.77. The fourth-order valence-electron chi connectivity index (χ4n) is 1.29. The third-order valence-corrected chi connectivity index (χ3v) is 2.35. The SMILES string of the molecule is Cn1cc(NC(=O)c2nc(N)ccc2Cl)cn1. The Kier molecular flexibility index (Phi) is 2.97. The third-order valence-electron chi connectivity index (χ3n) is 2.05. The van der Waals surface area contributed by atoms with Crippen molar-refractivity contribution in [3.8, 4) is 0 Å². The monoisotopic (exact) mass is 251 g/mol. The predicted octanol–water partition coefficient (Wildman–Crippen LogP) is 1.30. The molecule has 2 rings (SSSR count). The van der Waals surface area contributed by atoms with E-state index >= 15 is 0 Å². The summed E-state index contributed by atoms with van der Waals surface area (Å²) >= 11 is 5.86. The summed E-state index contributed by atoms with van der Waals surface area (Å²) in [5.74, 6) is -0.180. The van der Waals surface area contributed by atoms with Crippen LogP contribution in [0.25, 0.3) is 0 Å². The maximum absolute atomic E-state index is 11.8. The van der Waals surface area contributed by atoms with Gasteiger partial charge in [0.05, 0.1) is 16.9 Å². The number of nitrogens with zero attached hydrogens (tertiary/aromatic N) is 3. The Hall–Kier alpha value is -2.08. The molecule has 17 heavy (non-hydrogen) atoms. The van der Waals surface area contributed by atoms with Crippen molar-refractivity contribution in [1.29, 1.82) is 0 Å². The van der Waals surface area contributed by atoms with E-state index in [4.69, 9.17) is 17.3 Å². The largest absolute Gasteiger partial charge is 0.384 e. The first-order valence-electron chi connectivity index (χ1n) is 4.78. The van der Waals surface area contributed by atoms with Crippen LogP contribution in [-0.4, -0.2) is 20.7 Å². The molecule has 2 aromatic heterocycles. The minimum Gasteiger partial charge on any atom is -0.384 e. The molecule has 0 unspecified atom stereocenters. The van der Waals surface area contributed by atoms with Crippen LogP contribution in [0.3, 0.4) is 0 Å². The first-order valence-corrected chi connectivity index (χ1v) is 5.16. The zero-order chi connectivity index (χ0) is 12.4. The lowest BCUT2D eigenvalue weighted by molar-refractivity contribution is 0.102. The fourth-order valence-corrected chi connectivity index (χ4v) is 1.48. The maximum Gasteiger partial charge on any atom is 0.275 e. The van der Waals surface area contributed by atoms with Crippen LogP contribution in [0.2, 0.25) is 5.02 Å². The number of aryl methyl sites for hydroxylation is 1. The number of rotatable bonds is 2. The Morgan fingerprint density at radius 2 is 2.29 bits per heavy atom. The average Bonchev–Trinajstić information content (AvgIpc) is 2.67. The number of hydrogen-bond donors (Lipinski definition) is 2. The van der Waals surface area contributed by atoms with Gasteiger partial charge in [-0.1, -0.05) is 11.6 Å². The van der Waals surface area contributed by atoms with Gasteiger partial charge in [-0.3, -0.25) is 9.48 Å². The Labute approximate surface area is 102 Å². The van der Waals surface area contributed by atoms with Crippen LogP contribution in [-0.2, 0) is 7.05 Å². The molecule has 3 N–H and O–H groups in total. The van der Waals surface area contributed by atoms with Crippen LogP contribution >= 0.6 is 11.6 Å². The van der Waals surface area contributed by atoms with E-state index in [9.17, 15) is 4.79 Å². The van der Waals surface area contributed by atoms with E-state index in [0.717, 1.165) is 0 Å². The van der Waals surface area contributed by atoms with Crippen molar-refractivity contribution in [3.05, 3.63) is 35.2 Å². The van der Waals surface area contributed by atoms with E-state index in [1.165, 1.54) is 18.3 Å². The highest BCUT2D eigenvalue weighted by molar-refractivity contribution is 6.34. The molecule has 88 valence electrons. The average molecular weight is 252 g/mol. The minimum atomic E-state index is -0.421. The molecule has 2 heterocycles.